The van der Waals surface area contributed by atoms with Crippen LogP contribution in [0, 0.1) is 6.92 Å². The minimum Gasteiger partial charge on any atom is -0.210 e. The van der Waals surface area contributed by atoms with Crippen LogP contribution in [0.4, 0.5) is 0 Å². The minimum atomic E-state index is -4.28. The highest BCUT2D eigenvalue weighted by Crippen LogP contribution is 1.92. The van der Waals surface area contributed by atoms with Gasteiger partial charge in [-0.3, -0.25) is 0 Å². The van der Waals surface area contributed by atoms with E-state index in [2.05, 4.69) is 27.9 Å². The van der Waals surface area contributed by atoms with Gasteiger partial charge in [0, 0.05) is 0 Å². The van der Waals surface area contributed by atoms with Crippen LogP contribution >= 0.6 is 0 Å². The number of hydrogen-bond donors (Lipinski definition) is 0. The van der Waals surface area contributed by atoms with Gasteiger partial charge in [0.05, 0.1) is 0 Å². The fraction of sp³-hybridized carbons (Fsp3) is 0.111. The van der Waals surface area contributed by atoms with Crippen LogP contribution in [-0.4, -0.2) is 20.6 Å². The third-order valence-corrected chi connectivity index (χ3v) is 1.86. The van der Waals surface area contributed by atoms with Crippen LogP contribution in [0.3, 0.4) is 0 Å². The van der Waals surface area contributed by atoms with E-state index in [1.165, 1.54) is 5.56 Å². The molecule has 6 nitrogen and oxygen atoms in total. The lowest BCUT2D eigenvalue weighted by Crippen LogP contribution is -1.86. The summed E-state index contributed by atoms with van der Waals surface area (Å²) in [5.41, 5.74) is 1.32. The van der Waals surface area contributed by atoms with Crippen LogP contribution in [0.25, 0.3) is 0 Å². The van der Waals surface area contributed by atoms with E-state index >= 15 is 0 Å². The first kappa shape index (κ1) is 13.9. The molecule has 0 fully saturated rings. The van der Waals surface area contributed by atoms with Crippen molar-refractivity contribution in [1.82, 2.24) is 0 Å². The normalized spacial score (nSPS) is 8.81. The Morgan fingerprint density at radius 3 is 1.69 bits per heavy atom. The summed E-state index contributed by atoms with van der Waals surface area (Å²) in [6, 6.07) is 10.3. The molecule has 0 N–H and O–H groups in total. The molecule has 0 atom stereocenters. The molecule has 84 valence electrons. The van der Waals surface area contributed by atoms with Crippen molar-refractivity contribution >= 4 is 22.4 Å². The van der Waals surface area contributed by atoms with Crippen molar-refractivity contribution in [2.45, 2.75) is 6.92 Å². The Morgan fingerprint density at radius 1 is 1.00 bits per heavy atom. The fourth-order valence-electron chi connectivity index (χ4n) is 0.649. The molecule has 1 aromatic rings. The Morgan fingerprint density at radius 2 is 1.44 bits per heavy atom. The summed E-state index contributed by atoms with van der Waals surface area (Å²) in [7, 11) is -4.28. The monoisotopic (exact) mass is 240 g/mol. The van der Waals surface area contributed by atoms with Crippen LogP contribution in [0.2, 0.25) is 0 Å². The number of rotatable bonds is 2. The highest BCUT2D eigenvalue weighted by Gasteiger charge is 2.00. The molecule has 0 aliphatic heterocycles. The zero-order valence-corrected chi connectivity index (χ0v) is 9.14. The highest BCUT2D eigenvalue weighted by molar-refractivity contribution is 7.89. The van der Waals surface area contributed by atoms with Crippen LogP contribution < -0.4 is 0 Å². The second kappa shape index (κ2) is 7.25. The van der Waals surface area contributed by atoms with Gasteiger partial charge in [-0.15, -0.1) is 0 Å². The zero-order valence-electron chi connectivity index (χ0n) is 8.32. The maximum absolute atomic E-state index is 9.97. The van der Waals surface area contributed by atoms with E-state index in [-0.39, 0.29) is 0 Å². The molecule has 16 heavy (non-hydrogen) atoms. The number of nitrogens with zero attached hydrogens (tertiary/aromatic N) is 2. The molecular weight excluding hydrogens is 232 g/mol. The van der Waals surface area contributed by atoms with Crippen molar-refractivity contribution in [2.75, 3.05) is 0 Å². The van der Waals surface area contributed by atoms with Gasteiger partial charge < -0.3 is 0 Å². The van der Waals surface area contributed by atoms with E-state index in [9.17, 15) is 18.0 Å². The summed E-state index contributed by atoms with van der Waals surface area (Å²) in [6.07, 6.45) is 1.41. The van der Waals surface area contributed by atoms with Gasteiger partial charge in [-0.1, -0.05) is 44.7 Å². The molecule has 0 radical (unpaired) electrons. The van der Waals surface area contributed by atoms with Crippen molar-refractivity contribution < 1.29 is 18.0 Å². The predicted octanol–water partition coefficient (Wildman–Crippen LogP) is 0.898. The molecule has 0 unspecified atom stereocenters. The minimum absolute atomic E-state index is 0.707. The Balaban J connectivity index is 0.000000288. The third-order valence-electron chi connectivity index (χ3n) is 1.25. The largest absolute Gasteiger partial charge is 0.383 e. The van der Waals surface area contributed by atoms with E-state index in [1.54, 1.807) is 0 Å². The molecule has 0 heterocycles. The molecule has 0 bridgehead atoms. The van der Waals surface area contributed by atoms with E-state index in [0.29, 0.717) is 12.2 Å². The van der Waals surface area contributed by atoms with E-state index < -0.39 is 10.2 Å². The van der Waals surface area contributed by atoms with E-state index in [0.717, 1.165) is 0 Å². The Hall–Kier alpha value is -2.07. The van der Waals surface area contributed by atoms with Crippen LogP contribution in [0.15, 0.2) is 39.1 Å². The summed E-state index contributed by atoms with van der Waals surface area (Å²) in [6.45, 7) is 2.08. The van der Waals surface area contributed by atoms with Crippen LogP contribution in [-0.2, 0) is 19.8 Å². The van der Waals surface area contributed by atoms with Gasteiger partial charge in [0.25, 0.3) is 12.2 Å². The molecule has 1 rings (SSSR count). The second-order valence-electron chi connectivity index (χ2n) is 2.47. The van der Waals surface area contributed by atoms with Gasteiger partial charge in [0.2, 0.25) is 0 Å². The average molecular weight is 240 g/mol. The van der Waals surface area contributed by atoms with Gasteiger partial charge in [-0.25, -0.2) is 9.59 Å². The van der Waals surface area contributed by atoms with Crippen molar-refractivity contribution in [2.24, 2.45) is 8.80 Å². The third kappa shape index (κ3) is 7.34. The van der Waals surface area contributed by atoms with E-state index in [1.807, 2.05) is 18.2 Å². The second-order valence-corrected chi connectivity index (χ2v) is 3.73. The molecule has 7 heteroatoms. The van der Waals surface area contributed by atoms with Crippen molar-refractivity contribution in [3.8, 4) is 0 Å². The Labute approximate surface area is 92.5 Å². The first-order valence-electron chi connectivity index (χ1n) is 3.96. The summed E-state index contributed by atoms with van der Waals surface area (Å²) in [5.74, 6) is 0. The molecule has 0 aliphatic rings. The Kier molecular flexibility index (Phi) is 6.31. The lowest BCUT2D eigenvalue weighted by molar-refractivity contribution is 0.561. The number of carbonyl (C=O) groups excluding carboxylic acids is 2. The average Bonchev–Trinajstić information content (AvgIpc) is 2.19. The van der Waals surface area contributed by atoms with Crippen molar-refractivity contribution in [3.05, 3.63) is 35.9 Å². The summed E-state index contributed by atoms with van der Waals surface area (Å²) >= 11 is 0. The first-order chi connectivity index (χ1) is 7.52. The summed E-state index contributed by atoms with van der Waals surface area (Å²) < 4.78 is 24.3. The maximum Gasteiger partial charge on any atom is 0.383 e. The number of aryl methyl sites for hydroxylation is 1. The molecule has 0 aromatic heterocycles. The molecular formula is C9H8N2O4S. The lowest BCUT2D eigenvalue weighted by atomic mass is 10.2. The smallest absolute Gasteiger partial charge is 0.210 e. The van der Waals surface area contributed by atoms with Gasteiger partial charge in [0.15, 0.2) is 0 Å². The zero-order chi connectivity index (χ0) is 12.4. The van der Waals surface area contributed by atoms with Gasteiger partial charge >= 0.3 is 10.2 Å². The SMILES string of the molecule is Cc1ccccc1.O=C=NS(=O)(=O)N=C=O. The molecule has 0 aliphatic carbocycles. The molecule has 0 saturated heterocycles. The number of benzene rings is 1. The van der Waals surface area contributed by atoms with E-state index in [4.69, 9.17) is 0 Å². The summed E-state index contributed by atoms with van der Waals surface area (Å²) in [4.78, 5) is 18.5. The molecule has 0 amide bonds. The fourth-order valence-corrected chi connectivity index (χ4v) is 0.878. The summed E-state index contributed by atoms with van der Waals surface area (Å²) in [5, 5.41) is 0. The maximum atomic E-state index is 9.97. The Bertz CT molecular complexity index is 488. The molecule has 0 saturated carbocycles. The van der Waals surface area contributed by atoms with Gasteiger partial charge in [-0.2, -0.15) is 8.42 Å². The molecule has 0 spiro atoms. The standard InChI is InChI=1S/C7H8.C2N2O4S/c1-7-5-3-2-4-6-7;5-1-3-9(7,8)4-2-6/h2-6H,1H3;. The van der Waals surface area contributed by atoms with Crippen LogP contribution in [0.1, 0.15) is 5.56 Å². The van der Waals surface area contributed by atoms with Gasteiger partial charge in [0.1, 0.15) is 0 Å². The molecule has 1 aromatic carbocycles. The van der Waals surface area contributed by atoms with Gasteiger partial charge in [-0.05, 0) is 6.92 Å². The van der Waals surface area contributed by atoms with Crippen molar-refractivity contribution in [3.63, 3.8) is 0 Å². The lowest BCUT2D eigenvalue weighted by Gasteiger charge is -1.82. The quantitative estimate of drug-likeness (QED) is 0.567. The topological polar surface area (TPSA) is 93.0 Å². The number of hydrogen-bond acceptors (Lipinski definition) is 4. The highest BCUT2D eigenvalue weighted by atomic mass is 32.2. The number of isocyanates is 2. The van der Waals surface area contributed by atoms with Crippen LogP contribution in [0.5, 0.6) is 0 Å². The van der Waals surface area contributed by atoms with Crippen molar-refractivity contribution in [1.29, 1.82) is 0 Å². The predicted molar refractivity (Wildman–Crippen MR) is 56.3 cm³/mol. The first-order valence-corrected chi connectivity index (χ1v) is 5.36.